The van der Waals surface area contributed by atoms with Crippen molar-refractivity contribution in [3.05, 3.63) is 35.9 Å². The molecule has 1 aromatic carbocycles. The summed E-state index contributed by atoms with van der Waals surface area (Å²) in [7, 11) is 0. The molecule has 1 amide bonds. The number of H-pyrrole nitrogens is 1. The molecule has 2 aromatic rings. The highest BCUT2D eigenvalue weighted by atomic mass is 32.2. The third-order valence-electron chi connectivity index (χ3n) is 2.87. The standard InChI is InChI=1S/C14H17FN4OS/c1-3-11(21-14-17-12(4-2)18-19-14)13(20)16-10-7-5-9(15)6-8-10/h5-8,11H,3-4H2,1-2H3,(H,16,20)(H,17,18,19). The Kier molecular flexibility index (Phi) is 5.32. The number of benzene rings is 1. The monoisotopic (exact) mass is 308 g/mol. The Hall–Kier alpha value is -1.89. The molecule has 2 N–H and O–H groups in total. The third-order valence-corrected chi connectivity index (χ3v) is 4.09. The number of nitrogens with zero attached hydrogens (tertiary/aromatic N) is 2. The quantitative estimate of drug-likeness (QED) is 0.805. The third kappa shape index (κ3) is 4.29. The first-order valence-electron chi connectivity index (χ1n) is 6.76. The molecule has 0 bridgehead atoms. The second kappa shape index (κ2) is 7.21. The van der Waals surface area contributed by atoms with Crippen LogP contribution >= 0.6 is 11.8 Å². The maximum absolute atomic E-state index is 12.8. The van der Waals surface area contributed by atoms with Gasteiger partial charge >= 0.3 is 0 Å². The Morgan fingerprint density at radius 2 is 2.10 bits per heavy atom. The van der Waals surface area contributed by atoms with Crippen molar-refractivity contribution >= 4 is 23.4 Å². The van der Waals surface area contributed by atoms with E-state index in [9.17, 15) is 9.18 Å². The highest BCUT2D eigenvalue weighted by Gasteiger charge is 2.20. The molecule has 0 aliphatic rings. The van der Waals surface area contributed by atoms with Crippen LogP contribution in [0.2, 0.25) is 0 Å². The van der Waals surface area contributed by atoms with Gasteiger partial charge in [0.05, 0.1) is 5.25 Å². The summed E-state index contributed by atoms with van der Waals surface area (Å²) in [4.78, 5) is 16.5. The molecule has 0 radical (unpaired) electrons. The predicted octanol–water partition coefficient (Wildman–Crippen LogP) is 3.02. The normalized spacial score (nSPS) is 12.1. The zero-order valence-corrected chi connectivity index (χ0v) is 12.7. The Balaban J connectivity index is 1.99. The summed E-state index contributed by atoms with van der Waals surface area (Å²) in [5.41, 5.74) is 0.574. The fourth-order valence-corrected chi connectivity index (χ4v) is 2.54. The average Bonchev–Trinajstić information content (AvgIpc) is 2.94. The van der Waals surface area contributed by atoms with Crippen molar-refractivity contribution in [2.75, 3.05) is 5.32 Å². The van der Waals surface area contributed by atoms with Gasteiger partial charge in [0, 0.05) is 12.1 Å². The van der Waals surface area contributed by atoms with Gasteiger partial charge in [0.15, 0.2) is 0 Å². The van der Waals surface area contributed by atoms with Crippen LogP contribution in [0.25, 0.3) is 0 Å². The minimum Gasteiger partial charge on any atom is -0.325 e. The highest BCUT2D eigenvalue weighted by Crippen LogP contribution is 2.23. The molecule has 1 atom stereocenters. The van der Waals surface area contributed by atoms with E-state index in [1.165, 1.54) is 36.0 Å². The number of hydrogen-bond acceptors (Lipinski definition) is 4. The first-order valence-corrected chi connectivity index (χ1v) is 7.64. The Bertz CT molecular complexity index is 599. The van der Waals surface area contributed by atoms with E-state index in [-0.39, 0.29) is 17.0 Å². The lowest BCUT2D eigenvalue weighted by Crippen LogP contribution is -2.24. The van der Waals surface area contributed by atoms with Gasteiger partial charge in [-0.2, -0.15) is 0 Å². The molecule has 0 saturated heterocycles. The zero-order chi connectivity index (χ0) is 15.2. The zero-order valence-electron chi connectivity index (χ0n) is 11.9. The van der Waals surface area contributed by atoms with Crippen LogP contribution in [0.15, 0.2) is 29.4 Å². The number of anilines is 1. The van der Waals surface area contributed by atoms with Gasteiger partial charge in [-0.1, -0.05) is 25.6 Å². The van der Waals surface area contributed by atoms with Crippen molar-refractivity contribution in [1.29, 1.82) is 0 Å². The second-order valence-electron chi connectivity index (χ2n) is 4.43. The van der Waals surface area contributed by atoms with Crippen molar-refractivity contribution in [3.63, 3.8) is 0 Å². The Labute approximate surface area is 126 Å². The van der Waals surface area contributed by atoms with Gasteiger partial charge in [0.25, 0.3) is 0 Å². The maximum atomic E-state index is 12.8. The minimum absolute atomic E-state index is 0.142. The van der Waals surface area contributed by atoms with Crippen LogP contribution in [0.3, 0.4) is 0 Å². The van der Waals surface area contributed by atoms with Crippen LogP contribution in [-0.4, -0.2) is 26.3 Å². The molecule has 112 valence electrons. The average molecular weight is 308 g/mol. The molecule has 1 aromatic heterocycles. The lowest BCUT2D eigenvalue weighted by Gasteiger charge is -2.12. The Morgan fingerprint density at radius 3 is 2.67 bits per heavy atom. The van der Waals surface area contributed by atoms with Crippen molar-refractivity contribution < 1.29 is 9.18 Å². The molecule has 0 saturated carbocycles. The number of aromatic nitrogens is 3. The number of carbonyl (C=O) groups is 1. The Morgan fingerprint density at radius 1 is 1.38 bits per heavy atom. The van der Waals surface area contributed by atoms with Crippen LogP contribution in [0.1, 0.15) is 26.1 Å². The minimum atomic E-state index is -0.331. The van der Waals surface area contributed by atoms with Crippen molar-refractivity contribution in [2.24, 2.45) is 0 Å². The SMILES string of the molecule is CCc1nc(SC(CC)C(=O)Nc2ccc(F)cc2)n[nH]1. The molecule has 5 nitrogen and oxygen atoms in total. The summed E-state index contributed by atoms with van der Waals surface area (Å²) in [6, 6.07) is 5.69. The number of carbonyl (C=O) groups excluding carboxylic acids is 1. The maximum Gasteiger partial charge on any atom is 0.237 e. The summed E-state index contributed by atoms with van der Waals surface area (Å²) < 4.78 is 12.8. The molecular formula is C14H17FN4OS. The van der Waals surface area contributed by atoms with E-state index in [1.54, 1.807) is 0 Å². The van der Waals surface area contributed by atoms with Gasteiger partial charge in [0.1, 0.15) is 11.6 Å². The topological polar surface area (TPSA) is 70.7 Å². The van der Waals surface area contributed by atoms with Crippen LogP contribution in [0.5, 0.6) is 0 Å². The molecule has 21 heavy (non-hydrogen) atoms. The van der Waals surface area contributed by atoms with E-state index in [0.29, 0.717) is 17.3 Å². The number of hydrogen-bond donors (Lipinski definition) is 2. The first-order chi connectivity index (χ1) is 10.1. The number of amides is 1. The smallest absolute Gasteiger partial charge is 0.237 e. The van der Waals surface area contributed by atoms with Gasteiger partial charge in [0.2, 0.25) is 11.1 Å². The van der Waals surface area contributed by atoms with Gasteiger partial charge in [-0.05, 0) is 30.7 Å². The molecule has 7 heteroatoms. The molecular weight excluding hydrogens is 291 g/mol. The van der Waals surface area contributed by atoms with E-state index in [0.717, 1.165) is 12.2 Å². The molecule has 0 aliphatic carbocycles. The lowest BCUT2D eigenvalue weighted by atomic mass is 10.2. The molecule has 0 aliphatic heterocycles. The highest BCUT2D eigenvalue weighted by molar-refractivity contribution is 8.00. The number of aromatic amines is 1. The lowest BCUT2D eigenvalue weighted by molar-refractivity contribution is -0.115. The number of rotatable bonds is 6. The molecule has 0 fully saturated rings. The van der Waals surface area contributed by atoms with Crippen molar-refractivity contribution in [3.8, 4) is 0 Å². The number of halogens is 1. The fourth-order valence-electron chi connectivity index (χ4n) is 1.69. The summed E-state index contributed by atoms with van der Waals surface area (Å²) in [6.07, 6.45) is 1.42. The predicted molar refractivity (Wildman–Crippen MR) is 80.7 cm³/mol. The van der Waals surface area contributed by atoms with E-state index in [1.807, 2.05) is 13.8 Å². The van der Waals surface area contributed by atoms with Crippen LogP contribution in [0.4, 0.5) is 10.1 Å². The first kappa shape index (κ1) is 15.5. The molecule has 0 spiro atoms. The van der Waals surface area contributed by atoms with Gasteiger partial charge < -0.3 is 5.32 Å². The fraction of sp³-hybridized carbons (Fsp3) is 0.357. The van der Waals surface area contributed by atoms with Crippen LogP contribution < -0.4 is 5.32 Å². The van der Waals surface area contributed by atoms with Crippen LogP contribution in [-0.2, 0) is 11.2 Å². The van der Waals surface area contributed by atoms with Crippen molar-refractivity contribution in [1.82, 2.24) is 15.2 Å². The van der Waals surface area contributed by atoms with E-state index >= 15 is 0 Å². The van der Waals surface area contributed by atoms with E-state index in [4.69, 9.17) is 0 Å². The second-order valence-corrected chi connectivity index (χ2v) is 5.60. The summed E-state index contributed by atoms with van der Waals surface area (Å²) >= 11 is 1.32. The molecule has 2 rings (SSSR count). The molecule has 1 unspecified atom stereocenters. The van der Waals surface area contributed by atoms with Gasteiger partial charge in [-0.25, -0.2) is 9.37 Å². The molecule has 1 heterocycles. The van der Waals surface area contributed by atoms with Gasteiger partial charge in [-0.15, -0.1) is 5.10 Å². The number of thioether (sulfide) groups is 1. The number of nitrogens with one attached hydrogen (secondary N) is 2. The number of aryl methyl sites for hydroxylation is 1. The van der Waals surface area contributed by atoms with Gasteiger partial charge in [-0.3, -0.25) is 9.89 Å². The van der Waals surface area contributed by atoms with Crippen molar-refractivity contribution in [2.45, 2.75) is 37.1 Å². The summed E-state index contributed by atoms with van der Waals surface area (Å²) in [6.45, 7) is 3.91. The van der Waals surface area contributed by atoms with E-state index < -0.39 is 0 Å². The largest absolute Gasteiger partial charge is 0.325 e. The summed E-state index contributed by atoms with van der Waals surface area (Å²) in [5, 5.41) is 9.93. The van der Waals surface area contributed by atoms with Crippen LogP contribution in [0, 0.1) is 5.82 Å². The summed E-state index contributed by atoms with van der Waals surface area (Å²) in [5.74, 6) is 0.325. The van der Waals surface area contributed by atoms with E-state index in [2.05, 4.69) is 20.5 Å².